The van der Waals surface area contributed by atoms with Crippen LogP contribution in [-0.2, 0) is 16.0 Å². The molecule has 0 spiro atoms. The Labute approximate surface area is 171 Å². The average molecular weight is 393 g/mol. The number of hydrogen-bond acceptors (Lipinski definition) is 4. The lowest BCUT2D eigenvalue weighted by atomic mass is 10.1. The highest BCUT2D eigenvalue weighted by Crippen LogP contribution is 2.31. The molecule has 1 saturated heterocycles. The summed E-state index contributed by atoms with van der Waals surface area (Å²) in [6, 6.07) is 15.9. The fourth-order valence-electron chi connectivity index (χ4n) is 3.96. The Morgan fingerprint density at radius 1 is 1.03 bits per heavy atom. The molecular formula is C23H27N3O3. The molecule has 2 heterocycles. The summed E-state index contributed by atoms with van der Waals surface area (Å²) in [6.45, 7) is 3.64. The lowest BCUT2D eigenvalue weighted by Crippen LogP contribution is -2.48. The molecule has 0 unspecified atom stereocenters. The van der Waals surface area contributed by atoms with Gasteiger partial charge in [-0.3, -0.25) is 9.59 Å². The van der Waals surface area contributed by atoms with E-state index in [9.17, 15) is 9.59 Å². The van der Waals surface area contributed by atoms with Crippen LogP contribution >= 0.6 is 0 Å². The predicted octanol–water partition coefficient (Wildman–Crippen LogP) is 2.71. The molecule has 6 heteroatoms. The maximum Gasteiger partial charge on any atom is 0.231 e. The number of carbonyl (C=O) groups excluding carboxylic acids is 2. The molecule has 0 saturated carbocycles. The second kappa shape index (κ2) is 8.55. The zero-order chi connectivity index (χ0) is 20.2. The number of likely N-dealkylation sites (N-methyl/N-ethyl adjacent to an activating group) is 1. The van der Waals surface area contributed by atoms with Gasteiger partial charge in [-0.1, -0.05) is 18.2 Å². The van der Waals surface area contributed by atoms with Crippen LogP contribution in [0.4, 0.5) is 11.4 Å². The number of para-hydroxylation sites is 1. The zero-order valence-corrected chi connectivity index (χ0v) is 16.8. The van der Waals surface area contributed by atoms with Gasteiger partial charge in [0.25, 0.3) is 0 Å². The predicted molar refractivity (Wildman–Crippen MR) is 114 cm³/mol. The number of amides is 2. The largest absolute Gasteiger partial charge is 0.494 e. The Morgan fingerprint density at radius 3 is 2.55 bits per heavy atom. The monoisotopic (exact) mass is 393 g/mol. The minimum absolute atomic E-state index is 0.142. The van der Waals surface area contributed by atoms with Crippen LogP contribution in [0.1, 0.15) is 18.4 Å². The Hall–Kier alpha value is -3.02. The van der Waals surface area contributed by atoms with E-state index in [4.69, 9.17) is 4.74 Å². The van der Waals surface area contributed by atoms with Crippen LogP contribution in [0.15, 0.2) is 48.5 Å². The number of carbonyl (C=O) groups is 2. The van der Waals surface area contributed by atoms with Crippen molar-refractivity contribution < 1.29 is 14.3 Å². The molecule has 152 valence electrons. The van der Waals surface area contributed by atoms with Crippen molar-refractivity contribution in [1.29, 1.82) is 0 Å². The molecular weight excluding hydrogens is 366 g/mol. The first-order valence-electron chi connectivity index (χ1n) is 10.2. The summed E-state index contributed by atoms with van der Waals surface area (Å²) in [6.07, 6.45) is 1.71. The van der Waals surface area contributed by atoms with Crippen molar-refractivity contribution in [2.45, 2.75) is 19.3 Å². The van der Waals surface area contributed by atoms with Gasteiger partial charge in [0, 0.05) is 51.0 Å². The minimum Gasteiger partial charge on any atom is -0.494 e. The van der Waals surface area contributed by atoms with Crippen molar-refractivity contribution in [3.05, 3.63) is 54.1 Å². The third-order valence-corrected chi connectivity index (χ3v) is 5.68. The fraction of sp³-hybridized carbons (Fsp3) is 0.391. The molecule has 29 heavy (non-hydrogen) atoms. The Kier molecular flexibility index (Phi) is 5.69. The molecule has 2 amide bonds. The molecule has 0 radical (unpaired) electrons. The maximum absolute atomic E-state index is 12.5. The van der Waals surface area contributed by atoms with Crippen LogP contribution in [-0.4, -0.2) is 56.5 Å². The van der Waals surface area contributed by atoms with Gasteiger partial charge in [0.2, 0.25) is 11.8 Å². The topological polar surface area (TPSA) is 53.1 Å². The van der Waals surface area contributed by atoms with Gasteiger partial charge >= 0.3 is 0 Å². The molecule has 4 rings (SSSR count). The Bertz CT molecular complexity index is 876. The van der Waals surface area contributed by atoms with Crippen molar-refractivity contribution in [3.63, 3.8) is 0 Å². The lowest BCUT2D eigenvalue weighted by molar-refractivity contribution is -0.131. The van der Waals surface area contributed by atoms with Crippen LogP contribution in [0, 0.1) is 0 Å². The second-order valence-electron chi connectivity index (χ2n) is 7.58. The van der Waals surface area contributed by atoms with Crippen LogP contribution in [0.2, 0.25) is 0 Å². The molecule has 0 aliphatic carbocycles. The third-order valence-electron chi connectivity index (χ3n) is 5.68. The molecule has 0 bridgehead atoms. The van der Waals surface area contributed by atoms with Gasteiger partial charge in [-0.25, -0.2) is 0 Å². The average Bonchev–Trinajstić information content (AvgIpc) is 3.05. The molecule has 2 aliphatic rings. The van der Waals surface area contributed by atoms with E-state index in [0.29, 0.717) is 19.4 Å². The van der Waals surface area contributed by atoms with Crippen LogP contribution in [0.3, 0.4) is 0 Å². The van der Waals surface area contributed by atoms with E-state index in [-0.39, 0.29) is 11.8 Å². The van der Waals surface area contributed by atoms with Crippen molar-refractivity contribution in [3.8, 4) is 5.75 Å². The second-order valence-corrected chi connectivity index (χ2v) is 7.58. The van der Waals surface area contributed by atoms with Gasteiger partial charge in [-0.2, -0.15) is 0 Å². The summed E-state index contributed by atoms with van der Waals surface area (Å²) < 4.78 is 5.66. The number of ether oxygens (including phenoxy) is 1. The standard InChI is InChI=1S/C23H27N3O3/c1-24-21-10-9-19(16-18(21)17-23(24)28)25-11-13-26(14-12-25)22(27)8-5-15-29-20-6-3-2-4-7-20/h2-4,6-7,9-10,16H,5,8,11-15,17H2,1H3. The van der Waals surface area contributed by atoms with E-state index in [0.717, 1.165) is 55.3 Å². The van der Waals surface area contributed by atoms with Crippen molar-refractivity contribution in [2.75, 3.05) is 49.6 Å². The number of benzene rings is 2. The zero-order valence-electron chi connectivity index (χ0n) is 16.8. The number of fused-ring (bicyclic) bond motifs is 1. The summed E-state index contributed by atoms with van der Waals surface area (Å²) >= 11 is 0. The maximum atomic E-state index is 12.5. The van der Waals surface area contributed by atoms with Gasteiger partial charge in [0.15, 0.2) is 0 Å². The number of hydrogen-bond donors (Lipinski definition) is 0. The number of nitrogens with zero attached hydrogens (tertiary/aromatic N) is 3. The molecule has 2 aromatic rings. The summed E-state index contributed by atoms with van der Waals surface area (Å²) in [5.74, 6) is 1.18. The van der Waals surface area contributed by atoms with Gasteiger partial charge in [-0.05, 0) is 42.3 Å². The van der Waals surface area contributed by atoms with Crippen molar-refractivity contribution in [1.82, 2.24) is 4.90 Å². The lowest BCUT2D eigenvalue weighted by Gasteiger charge is -2.36. The molecule has 2 aromatic carbocycles. The molecule has 0 N–H and O–H groups in total. The van der Waals surface area contributed by atoms with Crippen molar-refractivity contribution >= 4 is 23.2 Å². The summed E-state index contributed by atoms with van der Waals surface area (Å²) in [5, 5.41) is 0. The van der Waals surface area contributed by atoms with E-state index < -0.39 is 0 Å². The van der Waals surface area contributed by atoms with Gasteiger partial charge in [-0.15, -0.1) is 0 Å². The van der Waals surface area contributed by atoms with E-state index in [1.54, 1.807) is 4.90 Å². The van der Waals surface area contributed by atoms with Gasteiger partial charge in [0.1, 0.15) is 5.75 Å². The Balaban J connectivity index is 1.23. The fourth-order valence-corrected chi connectivity index (χ4v) is 3.96. The van der Waals surface area contributed by atoms with Crippen LogP contribution in [0.25, 0.3) is 0 Å². The third kappa shape index (κ3) is 4.36. The highest BCUT2D eigenvalue weighted by atomic mass is 16.5. The first-order chi connectivity index (χ1) is 14.1. The van der Waals surface area contributed by atoms with Crippen LogP contribution in [0.5, 0.6) is 5.75 Å². The molecule has 1 fully saturated rings. The highest BCUT2D eigenvalue weighted by Gasteiger charge is 2.26. The summed E-state index contributed by atoms with van der Waals surface area (Å²) in [7, 11) is 1.82. The number of rotatable bonds is 6. The van der Waals surface area contributed by atoms with Gasteiger partial charge in [0.05, 0.1) is 13.0 Å². The SMILES string of the molecule is CN1C(=O)Cc2cc(N3CCN(C(=O)CCCOc4ccccc4)CC3)ccc21. The molecule has 0 aromatic heterocycles. The van der Waals surface area contributed by atoms with Crippen LogP contribution < -0.4 is 14.5 Å². The minimum atomic E-state index is 0.142. The molecule has 2 aliphatic heterocycles. The first-order valence-corrected chi connectivity index (χ1v) is 10.2. The molecule has 0 atom stereocenters. The summed E-state index contributed by atoms with van der Waals surface area (Å²) in [4.78, 5) is 30.3. The van der Waals surface area contributed by atoms with Gasteiger partial charge < -0.3 is 19.4 Å². The highest BCUT2D eigenvalue weighted by molar-refractivity contribution is 6.01. The number of anilines is 2. The van der Waals surface area contributed by atoms with E-state index in [2.05, 4.69) is 17.0 Å². The number of piperazine rings is 1. The Morgan fingerprint density at radius 2 is 1.79 bits per heavy atom. The van der Waals surface area contributed by atoms with Crippen molar-refractivity contribution in [2.24, 2.45) is 0 Å². The first kappa shape index (κ1) is 19.3. The summed E-state index contributed by atoms with van der Waals surface area (Å²) in [5.41, 5.74) is 3.23. The normalized spacial score (nSPS) is 16.2. The smallest absolute Gasteiger partial charge is 0.231 e. The quantitative estimate of drug-likeness (QED) is 0.708. The van der Waals surface area contributed by atoms with E-state index >= 15 is 0 Å². The molecule has 6 nitrogen and oxygen atoms in total. The van der Waals surface area contributed by atoms with E-state index in [1.807, 2.05) is 48.3 Å². The van der Waals surface area contributed by atoms with E-state index in [1.165, 1.54) is 0 Å².